The zero-order chi connectivity index (χ0) is 21.4. The molecule has 31 heavy (non-hydrogen) atoms. The Kier molecular flexibility index (Phi) is 5.64. The molecule has 0 aromatic carbocycles. The standard InChI is InChI=1S/C27H35N3O/c1-17(2)24-19-12-9-7-5-4-6-8-11-18-15-20(24)26(29-18)25(19)27-23(31-3)16-22(30-27)21-13-10-14-28-21/h10,13-17,19,24,28-29H,4-9,11-12H2,1-3H3/b27-25+. The van der Waals surface area contributed by atoms with E-state index in [4.69, 9.17) is 9.73 Å². The number of H-pyrrole nitrogens is 2. The van der Waals surface area contributed by atoms with E-state index in [1.54, 1.807) is 7.11 Å². The highest BCUT2D eigenvalue weighted by molar-refractivity contribution is 6.11. The number of aromatic nitrogens is 2. The zero-order valence-corrected chi connectivity index (χ0v) is 19.1. The molecule has 0 fully saturated rings. The number of aryl methyl sites for hydroxylation is 1. The van der Waals surface area contributed by atoms with Gasteiger partial charge in [0.25, 0.3) is 0 Å². The van der Waals surface area contributed by atoms with Gasteiger partial charge in [-0.3, -0.25) is 0 Å². The van der Waals surface area contributed by atoms with Crippen LogP contribution in [0.5, 0.6) is 0 Å². The van der Waals surface area contributed by atoms with Crippen molar-refractivity contribution in [1.82, 2.24) is 9.97 Å². The van der Waals surface area contributed by atoms with E-state index >= 15 is 0 Å². The Balaban J connectivity index is 1.67. The van der Waals surface area contributed by atoms with Gasteiger partial charge in [-0.2, -0.15) is 0 Å². The highest BCUT2D eigenvalue weighted by Gasteiger charge is 2.42. The van der Waals surface area contributed by atoms with Crippen LogP contribution < -0.4 is 0 Å². The number of allylic oxidation sites excluding steroid dienone is 2. The fraction of sp³-hybridized carbons (Fsp3) is 0.519. The Labute approximate surface area is 185 Å². The molecule has 0 radical (unpaired) electrons. The van der Waals surface area contributed by atoms with E-state index < -0.39 is 0 Å². The van der Waals surface area contributed by atoms with Crippen molar-refractivity contribution in [2.24, 2.45) is 16.8 Å². The Morgan fingerprint density at radius 1 is 1.10 bits per heavy atom. The number of nitrogens with zero attached hydrogens (tertiary/aromatic N) is 1. The maximum Gasteiger partial charge on any atom is 0.147 e. The van der Waals surface area contributed by atoms with Crippen molar-refractivity contribution in [3.8, 4) is 0 Å². The lowest BCUT2D eigenvalue weighted by molar-refractivity contribution is 0.301. The molecule has 0 saturated carbocycles. The first-order valence-corrected chi connectivity index (χ1v) is 12.1. The molecular weight excluding hydrogens is 382 g/mol. The minimum atomic E-state index is 0.497. The third kappa shape index (κ3) is 3.71. The summed E-state index contributed by atoms with van der Waals surface area (Å²) in [6.07, 6.45) is 14.4. The lowest BCUT2D eigenvalue weighted by atomic mass is 9.78. The number of nitrogens with one attached hydrogen (secondary N) is 2. The number of methoxy groups -OCH3 is 1. The van der Waals surface area contributed by atoms with Crippen LogP contribution in [0.1, 0.15) is 87.4 Å². The van der Waals surface area contributed by atoms with E-state index in [1.165, 1.54) is 67.5 Å². The van der Waals surface area contributed by atoms with E-state index in [0.717, 1.165) is 29.3 Å². The summed E-state index contributed by atoms with van der Waals surface area (Å²) < 4.78 is 5.87. The van der Waals surface area contributed by atoms with Gasteiger partial charge in [0.1, 0.15) is 11.5 Å². The van der Waals surface area contributed by atoms with Crippen LogP contribution in [0.15, 0.2) is 46.9 Å². The summed E-state index contributed by atoms with van der Waals surface area (Å²) in [6, 6.07) is 6.57. The molecule has 2 aliphatic heterocycles. The van der Waals surface area contributed by atoms with Crippen molar-refractivity contribution in [2.45, 2.75) is 71.1 Å². The Hall–Kier alpha value is -2.49. The zero-order valence-electron chi connectivity index (χ0n) is 19.1. The van der Waals surface area contributed by atoms with Crippen molar-refractivity contribution in [1.29, 1.82) is 0 Å². The van der Waals surface area contributed by atoms with E-state index in [9.17, 15) is 0 Å². The van der Waals surface area contributed by atoms with Gasteiger partial charge in [-0.15, -0.1) is 0 Å². The number of aliphatic imine (C=N–C) groups is 1. The van der Waals surface area contributed by atoms with Gasteiger partial charge < -0.3 is 14.7 Å². The third-order valence-electron chi connectivity index (χ3n) is 7.35. The van der Waals surface area contributed by atoms with Crippen molar-refractivity contribution >= 4 is 11.3 Å². The number of rotatable bonds is 3. The molecule has 0 saturated heterocycles. The average Bonchev–Trinajstić information content (AvgIpc) is 3.52. The maximum absolute atomic E-state index is 5.87. The molecule has 2 N–H and O–H groups in total. The summed E-state index contributed by atoms with van der Waals surface area (Å²) in [5.41, 5.74) is 8.64. The van der Waals surface area contributed by atoms with Crippen LogP contribution in [0.3, 0.4) is 0 Å². The first kappa shape index (κ1) is 20.4. The topological polar surface area (TPSA) is 53.2 Å². The summed E-state index contributed by atoms with van der Waals surface area (Å²) in [5.74, 6) is 2.53. The maximum atomic E-state index is 5.87. The van der Waals surface area contributed by atoms with Crippen LogP contribution in [0.2, 0.25) is 0 Å². The van der Waals surface area contributed by atoms with Crippen LogP contribution in [0.25, 0.3) is 5.57 Å². The van der Waals surface area contributed by atoms with Gasteiger partial charge in [0.15, 0.2) is 0 Å². The van der Waals surface area contributed by atoms with Crippen LogP contribution >= 0.6 is 0 Å². The molecule has 164 valence electrons. The predicted octanol–water partition coefficient (Wildman–Crippen LogP) is 6.74. The first-order valence-electron chi connectivity index (χ1n) is 12.1. The Bertz CT molecular complexity index is 1020. The lowest BCUT2D eigenvalue weighted by Crippen LogP contribution is -2.15. The summed E-state index contributed by atoms with van der Waals surface area (Å²) in [6.45, 7) is 4.77. The Morgan fingerprint density at radius 3 is 2.65 bits per heavy atom. The average molecular weight is 418 g/mol. The second-order valence-corrected chi connectivity index (χ2v) is 9.72. The molecule has 2 aromatic heterocycles. The summed E-state index contributed by atoms with van der Waals surface area (Å²) in [5, 5.41) is 0. The molecule has 2 atom stereocenters. The monoisotopic (exact) mass is 417 g/mol. The van der Waals surface area contributed by atoms with Crippen LogP contribution in [0.4, 0.5) is 0 Å². The van der Waals surface area contributed by atoms with E-state index in [2.05, 4.69) is 42.0 Å². The number of hydrogen-bond acceptors (Lipinski definition) is 2. The molecule has 4 heteroatoms. The lowest BCUT2D eigenvalue weighted by Gasteiger charge is -2.26. The molecule has 2 unspecified atom stereocenters. The van der Waals surface area contributed by atoms with Crippen molar-refractivity contribution in [3.63, 3.8) is 0 Å². The van der Waals surface area contributed by atoms with Crippen molar-refractivity contribution < 1.29 is 4.74 Å². The van der Waals surface area contributed by atoms with Gasteiger partial charge in [-0.1, -0.05) is 46.0 Å². The van der Waals surface area contributed by atoms with Gasteiger partial charge in [0.05, 0.1) is 18.5 Å². The van der Waals surface area contributed by atoms with Gasteiger partial charge in [0.2, 0.25) is 0 Å². The second-order valence-electron chi connectivity index (χ2n) is 9.72. The van der Waals surface area contributed by atoms with E-state index in [1.807, 2.05) is 12.3 Å². The molecule has 4 heterocycles. The predicted molar refractivity (Wildman–Crippen MR) is 127 cm³/mol. The number of aromatic amines is 2. The quantitative estimate of drug-likeness (QED) is 0.570. The van der Waals surface area contributed by atoms with Gasteiger partial charge in [0, 0.05) is 29.2 Å². The molecular formula is C27H35N3O. The largest absolute Gasteiger partial charge is 0.494 e. The number of hydrogen-bond donors (Lipinski definition) is 2. The molecule has 2 aromatic rings. The number of fused-ring (bicyclic) bond motifs is 7. The minimum absolute atomic E-state index is 0.497. The van der Waals surface area contributed by atoms with Crippen LogP contribution in [-0.2, 0) is 11.2 Å². The number of ether oxygens (including phenoxy) is 1. The molecule has 0 amide bonds. The Morgan fingerprint density at radius 2 is 1.90 bits per heavy atom. The van der Waals surface area contributed by atoms with Gasteiger partial charge in [-0.05, 0) is 60.8 Å². The van der Waals surface area contributed by atoms with Crippen molar-refractivity contribution in [2.75, 3.05) is 7.11 Å². The van der Waals surface area contributed by atoms with Crippen LogP contribution in [-0.4, -0.2) is 22.8 Å². The summed E-state index contributed by atoms with van der Waals surface area (Å²) in [4.78, 5) is 12.3. The second kappa shape index (κ2) is 8.57. The van der Waals surface area contributed by atoms with E-state index in [-0.39, 0.29) is 0 Å². The smallest absolute Gasteiger partial charge is 0.147 e. The normalized spacial score (nSPS) is 26.5. The fourth-order valence-corrected chi connectivity index (χ4v) is 5.94. The first-order chi connectivity index (χ1) is 15.2. The molecule has 4 bridgehead atoms. The molecule has 4 aliphatic rings. The third-order valence-corrected chi connectivity index (χ3v) is 7.35. The van der Waals surface area contributed by atoms with Crippen molar-refractivity contribution in [3.05, 3.63) is 64.6 Å². The summed E-state index contributed by atoms with van der Waals surface area (Å²) >= 11 is 0. The molecule has 6 rings (SSSR count). The molecule has 4 nitrogen and oxygen atoms in total. The summed E-state index contributed by atoms with van der Waals surface area (Å²) in [7, 11) is 1.77. The van der Waals surface area contributed by atoms with E-state index in [0.29, 0.717) is 17.8 Å². The SMILES string of the molecule is COC1=CC(c2ccc[nH]2)=N/C1=C1/c2[nH]c3cc2C(C(C)C)C1CCCCCCCC3. The highest BCUT2D eigenvalue weighted by Crippen LogP contribution is 2.54. The fourth-order valence-electron chi connectivity index (χ4n) is 5.94. The minimum Gasteiger partial charge on any atom is -0.494 e. The highest BCUT2D eigenvalue weighted by atomic mass is 16.5. The van der Waals surface area contributed by atoms with Crippen LogP contribution in [0, 0.1) is 11.8 Å². The molecule has 2 aliphatic carbocycles. The van der Waals surface area contributed by atoms with Gasteiger partial charge >= 0.3 is 0 Å². The molecule has 0 spiro atoms. The van der Waals surface area contributed by atoms with Gasteiger partial charge in [-0.25, -0.2) is 4.99 Å².